The fourth-order valence-electron chi connectivity index (χ4n) is 2.12. The van der Waals surface area contributed by atoms with Crippen LogP contribution < -0.4 is 25.9 Å². The van der Waals surface area contributed by atoms with Gasteiger partial charge in [0, 0.05) is 15.7 Å². The third-order valence-corrected chi connectivity index (χ3v) is 5.47. The van der Waals surface area contributed by atoms with E-state index < -0.39 is 0 Å². The SMILES string of the molecule is CCOc1cc(C=NNC(N)=S)c(Br)c(Br)c1OCC(=O)Nc1ccccc1. The summed E-state index contributed by atoms with van der Waals surface area (Å²) >= 11 is 11.7. The van der Waals surface area contributed by atoms with E-state index in [9.17, 15) is 4.79 Å². The monoisotopic (exact) mass is 528 g/mol. The minimum Gasteiger partial charge on any atom is -0.490 e. The molecule has 0 spiro atoms. The Labute approximate surface area is 184 Å². The lowest BCUT2D eigenvalue weighted by atomic mass is 10.2. The Kier molecular flexibility index (Phi) is 8.68. The topological polar surface area (TPSA) is 98.0 Å². The van der Waals surface area contributed by atoms with Gasteiger partial charge in [0.15, 0.2) is 23.2 Å². The van der Waals surface area contributed by atoms with Crippen molar-refractivity contribution in [1.82, 2.24) is 5.43 Å². The van der Waals surface area contributed by atoms with Gasteiger partial charge < -0.3 is 20.5 Å². The number of rotatable bonds is 8. The maximum absolute atomic E-state index is 12.2. The zero-order chi connectivity index (χ0) is 20.5. The van der Waals surface area contributed by atoms with Gasteiger partial charge in [-0.3, -0.25) is 10.2 Å². The Bertz CT molecular complexity index is 879. The van der Waals surface area contributed by atoms with Crippen molar-refractivity contribution in [2.24, 2.45) is 10.8 Å². The molecule has 1 amide bonds. The van der Waals surface area contributed by atoms with E-state index in [4.69, 9.17) is 27.4 Å². The second-order valence-electron chi connectivity index (χ2n) is 5.29. The molecular weight excluding hydrogens is 512 g/mol. The van der Waals surface area contributed by atoms with Crippen molar-refractivity contribution >= 4 is 67.0 Å². The normalized spacial score (nSPS) is 10.5. The Morgan fingerprint density at radius 2 is 1.96 bits per heavy atom. The van der Waals surface area contributed by atoms with E-state index in [2.05, 4.69) is 47.7 Å². The van der Waals surface area contributed by atoms with Crippen molar-refractivity contribution in [2.75, 3.05) is 18.5 Å². The third kappa shape index (κ3) is 6.47. The second-order valence-corrected chi connectivity index (χ2v) is 7.32. The summed E-state index contributed by atoms with van der Waals surface area (Å²) in [5.74, 6) is 0.571. The molecule has 0 aromatic heterocycles. The summed E-state index contributed by atoms with van der Waals surface area (Å²) in [6.07, 6.45) is 1.53. The van der Waals surface area contributed by atoms with E-state index in [0.717, 1.165) is 0 Å². The maximum atomic E-state index is 12.2. The molecule has 0 heterocycles. The van der Waals surface area contributed by atoms with Gasteiger partial charge in [0.2, 0.25) is 0 Å². The average molecular weight is 530 g/mol. The number of hydrogen-bond acceptors (Lipinski definition) is 5. The van der Waals surface area contributed by atoms with Gasteiger partial charge in [-0.05, 0) is 69.2 Å². The van der Waals surface area contributed by atoms with E-state index in [1.807, 2.05) is 25.1 Å². The number of hydrazone groups is 1. The van der Waals surface area contributed by atoms with Crippen molar-refractivity contribution in [3.63, 3.8) is 0 Å². The molecule has 0 fully saturated rings. The van der Waals surface area contributed by atoms with Crippen LogP contribution in [0.15, 0.2) is 50.4 Å². The van der Waals surface area contributed by atoms with Crippen molar-refractivity contribution in [1.29, 1.82) is 0 Å². The van der Waals surface area contributed by atoms with Gasteiger partial charge in [0.05, 0.1) is 17.3 Å². The molecule has 28 heavy (non-hydrogen) atoms. The van der Waals surface area contributed by atoms with Crippen LogP contribution in [0.4, 0.5) is 5.69 Å². The van der Waals surface area contributed by atoms with Crippen LogP contribution in [0.25, 0.3) is 0 Å². The van der Waals surface area contributed by atoms with Gasteiger partial charge in [-0.2, -0.15) is 5.10 Å². The zero-order valence-corrected chi connectivity index (χ0v) is 18.9. The summed E-state index contributed by atoms with van der Waals surface area (Å²) < 4.78 is 12.6. The zero-order valence-electron chi connectivity index (χ0n) is 14.9. The van der Waals surface area contributed by atoms with Crippen molar-refractivity contribution in [3.05, 3.63) is 50.9 Å². The highest BCUT2D eigenvalue weighted by Gasteiger charge is 2.18. The number of thiocarbonyl (C=S) groups is 1. The van der Waals surface area contributed by atoms with Gasteiger partial charge in [-0.15, -0.1) is 0 Å². The highest BCUT2D eigenvalue weighted by molar-refractivity contribution is 9.13. The molecule has 4 N–H and O–H groups in total. The maximum Gasteiger partial charge on any atom is 0.262 e. The molecule has 0 saturated heterocycles. The average Bonchev–Trinajstić information content (AvgIpc) is 2.66. The molecule has 2 aromatic rings. The summed E-state index contributed by atoms with van der Waals surface area (Å²) in [6, 6.07) is 10.9. The van der Waals surface area contributed by atoms with E-state index in [-0.39, 0.29) is 17.6 Å². The van der Waals surface area contributed by atoms with Gasteiger partial charge >= 0.3 is 0 Å². The summed E-state index contributed by atoms with van der Waals surface area (Å²) in [6.45, 7) is 2.09. The number of nitrogens with two attached hydrogens (primary N) is 1. The van der Waals surface area contributed by atoms with Crippen LogP contribution in [-0.2, 0) is 4.79 Å². The fraction of sp³-hybridized carbons (Fsp3) is 0.167. The number of hydrogen-bond donors (Lipinski definition) is 3. The summed E-state index contributed by atoms with van der Waals surface area (Å²) in [7, 11) is 0. The molecule has 0 unspecified atom stereocenters. The molecule has 10 heteroatoms. The Morgan fingerprint density at radius 3 is 2.61 bits per heavy atom. The van der Waals surface area contributed by atoms with E-state index in [1.54, 1.807) is 18.2 Å². The number of nitrogens with zero attached hydrogens (tertiary/aromatic N) is 1. The number of ether oxygens (including phenoxy) is 2. The van der Waals surface area contributed by atoms with Crippen molar-refractivity contribution in [2.45, 2.75) is 6.92 Å². The quantitative estimate of drug-likeness (QED) is 0.273. The minimum atomic E-state index is -0.289. The first-order valence-electron chi connectivity index (χ1n) is 8.13. The number of carbonyl (C=O) groups is 1. The molecule has 2 rings (SSSR count). The second kappa shape index (κ2) is 11.0. The summed E-state index contributed by atoms with van der Waals surface area (Å²) in [5, 5.41) is 6.76. The minimum absolute atomic E-state index is 0.0563. The predicted octanol–water partition coefficient (Wildman–Crippen LogP) is 3.79. The molecule has 0 radical (unpaired) electrons. The molecular formula is C18H18Br2N4O3S. The number of halogens is 2. The molecule has 0 aliphatic rings. The predicted molar refractivity (Wildman–Crippen MR) is 121 cm³/mol. The number of nitrogens with one attached hydrogen (secondary N) is 2. The number of anilines is 1. The molecule has 0 saturated carbocycles. The molecule has 0 aliphatic heterocycles. The van der Waals surface area contributed by atoms with E-state index in [1.165, 1.54) is 6.21 Å². The number of para-hydroxylation sites is 1. The molecule has 148 valence electrons. The highest BCUT2D eigenvalue weighted by atomic mass is 79.9. The van der Waals surface area contributed by atoms with E-state index >= 15 is 0 Å². The van der Waals surface area contributed by atoms with Crippen molar-refractivity contribution < 1.29 is 14.3 Å². The first-order valence-corrected chi connectivity index (χ1v) is 10.1. The van der Waals surface area contributed by atoms with Crippen LogP contribution in [0.2, 0.25) is 0 Å². The molecule has 0 aliphatic carbocycles. The molecule has 0 atom stereocenters. The lowest BCUT2D eigenvalue weighted by Crippen LogP contribution is -2.24. The van der Waals surface area contributed by atoms with Gasteiger partial charge in [-0.1, -0.05) is 18.2 Å². The van der Waals surface area contributed by atoms with Gasteiger partial charge in [-0.25, -0.2) is 0 Å². The Hall–Kier alpha value is -2.17. The number of amides is 1. The molecule has 7 nitrogen and oxygen atoms in total. The van der Waals surface area contributed by atoms with Gasteiger partial charge in [0.1, 0.15) is 0 Å². The van der Waals surface area contributed by atoms with Crippen LogP contribution in [0.5, 0.6) is 11.5 Å². The Balaban J connectivity index is 2.18. The van der Waals surface area contributed by atoms with Crippen LogP contribution in [0, 0.1) is 0 Å². The van der Waals surface area contributed by atoms with Crippen LogP contribution >= 0.6 is 44.1 Å². The highest BCUT2D eigenvalue weighted by Crippen LogP contribution is 2.42. The lowest BCUT2D eigenvalue weighted by molar-refractivity contribution is -0.118. The van der Waals surface area contributed by atoms with Crippen molar-refractivity contribution in [3.8, 4) is 11.5 Å². The molecule has 2 aromatic carbocycles. The smallest absolute Gasteiger partial charge is 0.262 e. The molecule has 0 bridgehead atoms. The first-order chi connectivity index (χ1) is 13.4. The fourth-order valence-corrected chi connectivity index (χ4v) is 3.11. The van der Waals surface area contributed by atoms with Crippen LogP contribution in [-0.4, -0.2) is 30.4 Å². The standard InChI is InChI=1S/C18H18Br2N4O3S/c1-2-26-13-8-11(9-22-24-18(21)28)15(19)16(20)17(13)27-10-14(25)23-12-6-4-3-5-7-12/h3-9H,2,10H2,1H3,(H,23,25)(H3,21,24,28). The van der Waals surface area contributed by atoms with E-state index in [0.29, 0.717) is 38.3 Å². The first kappa shape index (κ1) is 22.1. The summed E-state index contributed by atoms with van der Waals surface area (Å²) in [4.78, 5) is 12.2. The lowest BCUT2D eigenvalue weighted by Gasteiger charge is -2.16. The number of benzene rings is 2. The van der Waals surface area contributed by atoms with Crippen LogP contribution in [0.1, 0.15) is 12.5 Å². The number of carbonyl (C=O) groups excluding carboxylic acids is 1. The van der Waals surface area contributed by atoms with Crippen LogP contribution in [0.3, 0.4) is 0 Å². The largest absolute Gasteiger partial charge is 0.490 e. The van der Waals surface area contributed by atoms with Gasteiger partial charge in [0.25, 0.3) is 5.91 Å². The third-order valence-electron chi connectivity index (χ3n) is 3.24. The Morgan fingerprint density at radius 1 is 1.25 bits per heavy atom. The summed E-state index contributed by atoms with van der Waals surface area (Å²) in [5.41, 5.74) is 9.23.